The molecule has 2 aromatic heterocycles. The van der Waals surface area contributed by atoms with Gasteiger partial charge in [-0.3, -0.25) is 0 Å². The third-order valence-corrected chi connectivity index (χ3v) is 3.65. The lowest BCUT2D eigenvalue weighted by atomic mass is 10.1. The van der Waals surface area contributed by atoms with Crippen molar-refractivity contribution in [3.05, 3.63) is 56.9 Å². The van der Waals surface area contributed by atoms with Crippen molar-refractivity contribution in [3.63, 3.8) is 0 Å². The van der Waals surface area contributed by atoms with Gasteiger partial charge in [-0.05, 0) is 29.8 Å². The number of nitrogens with zero attached hydrogens (tertiary/aromatic N) is 2. The predicted octanol–water partition coefficient (Wildman–Crippen LogP) is 4.51. The van der Waals surface area contributed by atoms with Gasteiger partial charge >= 0.3 is 0 Å². The summed E-state index contributed by atoms with van der Waals surface area (Å²) in [6.07, 6.45) is 2.21. The summed E-state index contributed by atoms with van der Waals surface area (Å²) in [5.74, 6) is 0.764. The Balaban J connectivity index is 2.01. The van der Waals surface area contributed by atoms with Crippen molar-refractivity contribution in [3.8, 4) is 0 Å². The Morgan fingerprint density at radius 2 is 1.84 bits per heavy atom. The van der Waals surface area contributed by atoms with E-state index in [1.165, 1.54) is 0 Å². The van der Waals surface area contributed by atoms with Gasteiger partial charge in [-0.2, -0.15) is 0 Å². The Hall–Kier alpha value is -1.29. The molecule has 0 bridgehead atoms. The first-order valence-corrected chi connectivity index (χ1v) is 6.70. The monoisotopic (exact) mass is 311 g/mol. The predicted molar refractivity (Wildman–Crippen MR) is 78.2 cm³/mol. The fourth-order valence-corrected chi connectivity index (χ4v) is 2.84. The fourth-order valence-electron chi connectivity index (χ4n) is 1.89. The third kappa shape index (κ3) is 2.54. The van der Waals surface area contributed by atoms with Crippen LogP contribution in [0.3, 0.4) is 0 Å². The van der Waals surface area contributed by atoms with Gasteiger partial charge in [-0.25, -0.2) is 9.97 Å². The summed E-state index contributed by atoms with van der Waals surface area (Å²) in [6, 6.07) is 7.12. The van der Waals surface area contributed by atoms with Crippen LogP contribution in [0.5, 0.6) is 0 Å². The highest BCUT2D eigenvalue weighted by molar-refractivity contribution is 6.39. The molecule has 0 saturated carbocycles. The van der Waals surface area contributed by atoms with Crippen LogP contribution in [-0.2, 0) is 6.42 Å². The van der Waals surface area contributed by atoms with E-state index in [0.29, 0.717) is 27.1 Å². The summed E-state index contributed by atoms with van der Waals surface area (Å²) in [4.78, 5) is 11.8. The number of benzene rings is 1. The van der Waals surface area contributed by atoms with E-state index in [4.69, 9.17) is 34.8 Å². The number of aromatic amines is 1. The summed E-state index contributed by atoms with van der Waals surface area (Å²) >= 11 is 18.2. The number of rotatable bonds is 2. The molecule has 0 spiro atoms. The second kappa shape index (κ2) is 5.00. The lowest BCUT2D eigenvalue weighted by Crippen LogP contribution is -1.93. The molecule has 0 amide bonds. The highest BCUT2D eigenvalue weighted by Gasteiger charge is 2.11. The molecule has 19 heavy (non-hydrogen) atoms. The van der Waals surface area contributed by atoms with E-state index < -0.39 is 0 Å². The van der Waals surface area contributed by atoms with Crippen molar-refractivity contribution < 1.29 is 0 Å². The summed E-state index contributed by atoms with van der Waals surface area (Å²) in [7, 11) is 0. The van der Waals surface area contributed by atoms with Gasteiger partial charge in [-0.1, -0.05) is 34.8 Å². The number of hydrogen-bond donors (Lipinski definition) is 1. The van der Waals surface area contributed by atoms with Crippen LogP contribution in [0.4, 0.5) is 0 Å². The first kappa shape index (κ1) is 12.7. The van der Waals surface area contributed by atoms with E-state index in [1.807, 2.05) is 12.1 Å². The first-order chi connectivity index (χ1) is 9.13. The van der Waals surface area contributed by atoms with E-state index in [1.54, 1.807) is 18.3 Å². The maximum absolute atomic E-state index is 6.16. The molecule has 96 valence electrons. The molecule has 0 unspecified atom stereocenters. The minimum absolute atomic E-state index is 0.505. The second-order valence-electron chi connectivity index (χ2n) is 4.08. The van der Waals surface area contributed by atoms with Gasteiger partial charge in [0, 0.05) is 27.7 Å². The molecule has 0 saturated heterocycles. The summed E-state index contributed by atoms with van der Waals surface area (Å²) in [6.45, 7) is 0. The van der Waals surface area contributed by atoms with E-state index in [9.17, 15) is 0 Å². The van der Waals surface area contributed by atoms with Crippen LogP contribution in [0.25, 0.3) is 11.2 Å². The van der Waals surface area contributed by atoms with Crippen LogP contribution >= 0.6 is 34.8 Å². The average molecular weight is 313 g/mol. The molecule has 6 heteroatoms. The molecule has 2 heterocycles. The zero-order valence-electron chi connectivity index (χ0n) is 9.62. The largest absolute Gasteiger partial charge is 0.340 e. The number of halogens is 3. The van der Waals surface area contributed by atoms with Crippen LogP contribution in [-0.4, -0.2) is 15.0 Å². The van der Waals surface area contributed by atoms with Gasteiger partial charge in [0.05, 0.1) is 5.52 Å². The minimum atomic E-state index is 0.505. The molecule has 3 aromatic rings. The van der Waals surface area contributed by atoms with Crippen molar-refractivity contribution in [2.75, 3.05) is 0 Å². The van der Waals surface area contributed by atoms with Crippen molar-refractivity contribution >= 4 is 46.0 Å². The van der Waals surface area contributed by atoms with Gasteiger partial charge in [-0.15, -0.1) is 0 Å². The van der Waals surface area contributed by atoms with Crippen molar-refractivity contribution in [1.82, 2.24) is 15.0 Å². The molecule has 3 nitrogen and oxygen atoms in total. The maximum Gasteiger partial charge on any atom is 0.177 e. The van der Waals surface area contributed by atoms with Crippen LogP contribution < -0.4 is 0 Å². The van der Waals surface area contributed by atoms with Crippen molar-refractivity contribution in [2.24, 2.45) is 0 Å². The number of fused-ring (bicyclic) bond motifs is 1. The Labute approximate surface area is 124 Å². The van der Waals surface area contributed by atoms with Crippen LogP contribution in [0.2, 0.25) is 15.1 Å². The highest BCUT2D eigenvalue weighted by Crippen LogP contribution is 2.30. The van der Waals surface area contributed by atoms with Crippen LogP contribution in [0.15, 0.2) is 30.5 Å². The molecule has 0 aliphatic rings. The van der Waals surface area contributed by atoms with Gasteiger partial charge in [0.25, 0.3) is 0 Å². The van der Waals surface area contributed by atoms with E-state index in [-0.39, 0.29) is 0 Å². The molecular weight excluding hydrogens is 305 g/mol. The van der Waals surface area contributed by atoms with Gasteiger partial charge in [0.1, 0.15) is 5.82 Å². The molecule has 0 fully saturated rings. The van der Waals surface area contributed by atoms with Crippen LogP contribution in [0.1, 0.15) is 11.4 Å². The number of nitrogens with one attached hydrogen (secondary N) is 1. The summed E-state index contributed by atoms with van der Waals surface area (Å²) in [5.41, 5.74) is 2.37. The van der Waals surface area contributed by atoms with Crippen molar-refractivity contribution in [1.29, 1.82) is 0 Å². The smallest absolute Gasteiger partial charge is 0.177 e. The number of imidazole rings is 1. The maximum atomic E-state index is 6.16. The Kier molecular flexibility index (Phi) is 3.35. The standard InChI is InChI=1S/C13H8Cl3N3/c14-7-4-9(15)8(10(16)5-7)6-12-18-11-2-1-3-17-13(11)19-12/h1-5H,6H2,(H,17,18,19). The van der Waals surface area contributed by atoms with Crippen molar-refractivity contribution in [2.45, 2.75) is 6.42 Å². The van der Waals surface area contributed by atoms with Crippen LogP contribution in [0, 0.1) is 0 Å². The Morgan fingerprint density at radius 1 is 1.11 bits per heavy atom. The average Bonchev–Trinajstić information content (AvgIpc) is 2.76. The normalized spacial score (nSPS) is 11.1. The Bertz CT molecular complexity index is 696. The molecule has 0 atom stereocenters. The molecule has 3 rings (SSSR count). The molecule has 1 aromatic carbocycles. The SMILES string of the molecule is Clc1cc(Cl)c(Cc2nc3ncccc3[nH]2)c(Cl)c1. The quantitative estimate of drug-likeness (QED) is 0.756. The van der Waals surface area contributed by atoms with Gasteiger partial charge < -0.3 is 4.98 Å². The molecule has 0 radical (unpaired) electrons. The minimum Gasteiger partial charge on any atom is -0.340 e. The number of hydrogen-bond acceptors (Lipinski definition) is 2. The van der Waals surface area contributed by atoms with Gasteiger partial charge in [0.15, 0.2) is 5.65 Å². The van der Waals surface area contributed by atoms with E-state index in [2.05, 4.69) is 15.0 Å². The first-order valence-electron chi connectivity index (χ1n) is 5.56. The second-order valence-corrected chi connectivity index (χ2v) is 5.33. The fraction of sp³-hybridized carbons (Fsp3) is 0.0769. The third-order valence-electron chi connectivity index (χ3n) is 2.76. The number of pyridine rings is 1. The molecule has 0 aliphatic heterocycles. The zero-order chi connectivity index (χ0) is 13.4. The van der Waals surface area contributed by atoms with E-state index >= 15 is 0 Å². The molecule has 1 N–H and O–H groups in total. The molecular formula is C13H8Cl3N3. The Morgan fingerprint density at radius 3 is 2.53 bits per heavy atom. The lowest BCUT2D eigenvalue weighted by Gasteiger charge is -2.05. The topological polar surface area (TPSA) is 41.6 Å². The lowest BCUT2D eigenvalue weighted by molar-refractivity contribution is 1.03. The number of H-pyrrole nitrogens is 1. The molecule has 0 aliphatic carbocycles. The summed E-state index contributed by atoms with van der Waals surface area (Å²) < 4.78 is 0. The zero-order valence-corrected chi connectivity index (χ0v) is 11.9. The number of aromatic nitrogens is 3. The van der Waals surface area contributed by atoms with E-state index in [0.717, 1.165) is 16.9 Å². The highest BCUT2D eigenvalue weighted by atomic mass is 35.5. The summed E-state index contributed by atoms with van der Waals surface area (Å²) in [5, 5.41) is 1.59. The van der Waals surface area contributed by atoms with Gasteiger partial charge in [0.2, 0.25) is 0 Å².